The van der Waals surface area contributed by atoms with Crippen molar-refractivity contribution in [3.8, 4) is 5.75 Å². The van der Waals surface area contributed by atoms with Crippen LogP contribution in [0.15, 0.2) is 6.07 Å². The van der Waals surface area contributed by atoms with Crippen molar-refractivity contribution in [1.29, 1.82) is 0 Å². The van der Waals surface area contributed by atoms with Crippen LogP contribution in [0.1, 0.15) is 63.3 Å². The van der Waals surface area contributed by atoms with Crippen LogP contribution in [0.5, 0.6) is 5.75 Å². The van der Waals surface area contributed by atoms with Gasteiger partial charge in [0.05, 0.1) is 6.61 Å². The Labute approximate surface area is 134 Å². The van der Waals surface area contributed by atoms with Crippen molar-refractivity contribution in [3.63, 3.8) is 0 Å². The highest BCUT2D eigenvalue weighted by Gasteiger charge is 2.22. The molecule has 0 aliphatic rings. The van der Waals surface area contributed by atoms with E-state index in [-0.39, 0.29) is 11.4 Å². The van der Waals surface area contributed by atoms with Gasteiger partial charge in [0.1, 0.15) is 5.75 Å². The predicted molar refractivity (Wildman–Crippen MR) is 90.4 cm³/mol. The molecule has 0 unspecified atom stereocenters. The van der Waals surface area contributed by atoms with Crippen LogP contribution in [-0.2, 0) is 21.4 Å². The van der Waals surface area contributed by atoms with E-state index in [4.69, 9.17) is 4.74 Å². The molecule has 1 aromatic carbocycles. The highest BCUT2D eigenvalue weighted by atomic mass is 16.5. The smallest absolute Gasteiger partial charge is 0.306 e. The zero-order valence-electron chi connectivity index (χ0n) is 15.0. The molecule has 1 rings (SSSR count). The molecule has 0 saturated heterocycles. The molecular weight excluding hydrogens is 276 g/mol. The molecule has 3 nitrogen and oxygen atoms in total. The summed E-state index contributed by atoms with van der Waals surface area (Å²) in [7, 11) is 0. The molecule has 1 N–H and O–H groups in total. The van der Waals surface area contributed by atoms with E-state index in [9.17, 15) is 9.90 Å². The third kappa shape index (κ3) is 4.75. The molecule has 22 heavy (non-hydrogen) atoms. The maximum Gasteiger partial charge on any atom is 0.306 e. The molecule has 0 aliphatic carbocycles. The van der Waals surface area contributed by atoms with Crippen LogP contribution in [0, 0.1) is 19.8 Å². The molecule has 0 radical (unpaired) electrons. The van der Waals surface area contributed by atoms with Gasteiger partial charge in [-0.15, -0.1) is 0 Å². The average Bonchev–Trinajstić information content (AvgIpc) is 2.40. The summed E-state index contributed by atoms with van der Waals surface area (Å²) in [6, 6.07) is 2.04. The van der Waals surface area contributed by atoms with Crippen LogP contribution in [0.2, 0.25) is 0 Å². The Bertz CT molecular complexity index is 537. The second kappa shape index (κ2) is 7.17. The van der Waals surface area contributed by atoms with E-state index in [0.29, 0.717) is 31.1 Å². The van der Waals surface area contributed by atoms with Gasteiger partial charge < -0.3 is 9.84 Å². The van der Waals surface area contributed by atoms with E-state index in [1.165, 1.54) is 0 Å². The molecule has 0 saturated carbocycles. The number of benzene rings is 1. The molecule has 0 aliphatic heterocycles. The van der Waals surface area contributed by atoms with Crippen molar-refractivity contribution in [1.82, 2.24) is 0 Å². The quantitative estimate of drug-likeness (QED) is 0.818. The van der Waals surface area contributed by atoms with Crippen molar-refractivity contribution in [2.45, 2.75) is 66.7 Å². The number of esters is 1. The maximum atomic E-state index is 11.8. The minimum absolute atomic E-state index is 0.130. The van der Waals surface area contributed by atoms with E-state index in [2.05, 4.69) is 20.8 Å². The summed E-state index contributed by atoms with van der Waals surface area (Å²) in [6.07, 6.45) is 1.02. The van der Waals surface area contributed by atoms with E-state index >= 15 is 0 Å². The van der Waals surface area contributed by atoms with E-state index < -0.39 is 0 Å². The van der Waals surface area contributed by atoms with Crippen LogP contribution in [0.25, 0.3) is 0 Å². The van der Waals surface area contributed by atoms with E-state index in [0.717, 1.165) is 22.3 Å². The second-order valence-corrected chi connectivity index (χ2v) is 7.51. The standard InChI is InChI=1S/C19H30O3/c1-12(2)11-22-17(20)9-8-15-10-16(19(5,6)7)18(21)14(4)13(15)3/h10,12,21H,8-9,11H2,1-7H3. The molecule has 124 valence electrons. The topological polar surface area (TPSA) is 46.5 Å². The lowest BCUT2D eigenvalue weighted by Crippen LogP contribution is -2.14. The Kier molecular flexibility index (Phi) is 6.04. The van der Waals surface area contributed by atoms with Gasteiger partial charge >= 0.3 is 5.97 Å². The zero-order chi connectivity index (χ0) is 17.1. The van der Waals surface area contributed by atoms with Gasteiger partial charge in [-0.3, -0.25) is 4.79 Å². The van der Waals surface area contributed by atoms with Gasteiger partial charge in [-0.1, -0.05) is 40.7 Å². The highest BCUT2D eigenvalue weighted by molar-refractivity contribution is 5.70. The fourth-order valence-corrected chi connectivity index (χ4v) is 2.37. The molecule has 0 bridgehead atoms. The molecule has 0 heterocycles. The maximum absolute atomic E-state index is 11.8. The van der Waals surface area contributed by atoms with E-state index in [1.54, 1.807) is 0 Å². The van der Waals surface area contributed by atoms with Gasteiger partial charge in [-0.25, -0.2) is 0 Å². The van der Waals surface area contributed by atoms with Crippen LogP contribution >= 0.6 is 0 Å². The van der Waals surface area contributed by atoms with Crippen molar-refractivity contribution < 1.29 is 14.6 Å². The zero-order valence-corrected chi connectivity index (χ0v) is 15.0. The molecule has 0 amide bonds. The summed E-state index contributed by atoms with van der Waals surface area (Å²) in [6.45, 7) is 14.7. The first-order valence-corrected chi connectivity index (χ1v) is 8.02. The monoisotopic (exact) mass is 306 g/mol. The van der Waals surface area contributed by atoms with Crippen molar-refractivity contribution in [3.05, 3.63) is 28.3 Å². The van der Waals surface area contributed by atoms with Gasteiger partial charge in [0.15, 0.2) is 0 Å². The van der Waals surface area contributed by atoms with Gasteiger partial charge in [-0.2, -0.15) is 0 Å². The van der Waals surface area contributed by atoms with Crippen molar-refractivity contribution >= 4 is 5.97 Å². The first-order chi connectivity index (χ1) is 10.0. The minimum atomic E-state index is -0.156. The number of carbonyl (C=O) groups is 1. The normalized spacial score (nSPS) is 11.8. The molecule has 0 aromatic heterocycles. The summed E-state index contributed by atoms with van der Waals surface area (Å²) < 4.78 is 5.23. The Hall–Kier alpha value is -1.51. The fraction of sp³-hybridized carbons (Fsp3) is 0.632. The first kappa shape index (κ1) is 18.5. The number of hydrogen-bond donors (Lipinski definition) is 1. The van der Waals surface area contributed by atoms with Crippen LogP contribution in [-0.4, -0.2) is 17.7 Å². The molecule has 0 atom stereocenters. The first-order valence-electron chi connectivity index (χ1n) is 8.02. The number of rotatable bonds is 5. The molecule has 0 spiro atoms. The Morgan fingerprint density at radius 3 is 2.32 bits per heavy atom. The van der Waals surface area contributed by atoms with Gasteiger partial charge in [0.25, 0.3) is 0 Å². The summed E-state index contributed by atoms with van der Waals surface area (Å²) in [5.74, 6) is 0.571. The lowest BCUT2D eigenvalue weighted by atomic mass is 9.82. The number of aryl methyl sites for hydroxylation is 1. The lowest BCUT2D eigenvalue weighted by molar-refractivity contribution is -0.144. The minimum Gasteiger partial charge on any atom is -0.507 e. The van der Waals surface area contributed by atoms with Crippen molar-refractivity contribution in [2.75, 3.05) is 6.61 Å². The molecule has 0 fully saturated rings. The summed E-state index contributed by atoms with van der Waals surface area (Å²) in [5, 5.41) is 10.4. The summed E-state index contributed by atoms with van der Waals surface area (Å²) in [5.41, 5.74) is 3.87. The third-order valence-electron chi connectivity index (χ3n) is 3.96. The van der Waals surface area contributed by atoms with Crippen LogP contribution in [0.3, 0.4) is 0 Å². The van der Waals surface area contributed by atoms with E-state index in [1.807, 2.05) is 33.8 Å². The summed E-state index contributed by atoms with van der Waals surface area (Å²) in [4.78, 5) is 11.8. The second-order valence-electron chi connectivity index (χ2n) is 7.51. The average molecular weight is 306 g/mol. The number of phenols is 1. The Morgan fingerprint density at radius 2 is 1.82 bits per heavy atom. The molecule has 3 heteroatoms. The number of carbonyl (C=O) groups excluding carboxylic acids is 1. The molecular formula is C19H30O3. The SMILES string of the molecule is Cc1c(CCC(=O)OCC(C)C)cc(C(C)(C)C)c(O)c1C. The number of phenolic OH excluding ortho intramolecular Hbond substituents is 1. The van der Waals surface area contributed by atoms with Crippen LogP contribution in [0.4, 0.5) is 0 Å². The third-order valence-corrected chi connectivity index (χ3v) is 3.96. The van der Waals surface area contributed by atoms with Crippen molar-refractivity contribution in [2.24, 2.45) is 5.92 Å². The fourth-order valence-electron chi connectivity index (χ4n) is 2.37. The lowest BCUT2D eigenvalue weighted by Gasteiger charge is -2.24. The van der Waals surface area contributed by atoms with Crippen LogP contribution < -0.4 is 0 Å². The number of hydrogen-bond acceptors (Lipinski definition) is 3. The Balaban J connectivity index is 2.92. The number of ether oxygens (including phenoxy) is 1. The van der Waals surface area contributed by atoms with Gasteiger partial charge in [-0.05, 0) is 53.9 Å². The molecule has 1 aromatic rings. The summed E-state index contributed by atoms with van der Waals surface area (Å²) >= 11 is 0. The predicted octanol–water partition coefficient (Wildman–Crippen LogP) is 4.44. The number of aromatic hydroxyl groups is 1. The highest BCUT2D eigenvalue weighted by Crippen LogP contribution is 2.36. The van der Waals surface area contributed by atoms with Gasteiger partial charge in [0, 0.05) is 6.42 Å². The Morgan fingerprint density at radius 1 is 1.23 bits per heavy atom. The largest absolute Gasteiger partial charge is 0.507 e. The van der Waals surface area contributed by atoms with Gasteiger partial charge in [0.2, 0.25) is 0 Å².